The predicted molar refractivity (Wildman–Crippen MR) is 46.7 cm³/mol. The van der Waals surface area contributed by atoms with Crippen molar-refractivity contribution in [3.05, 3.63) is 0 Å². The van der Waals surface area contributed by atoms with Gasteiger partial charge >= 0.3 is 6.03 Å². The van der Waals surface area contributed by atoms with E-state index in [0.717, 1.165) is 18.9 Å². The molecule has 68 valence electrons. The number of carbonyl (C=O) groups is 1. The van der Waals surface area contributed by atoms with Crippen molar-refractivity contribution in [1.29, 1.82) is 0 Å². The molecular formula is C9H16N2O. The summed E-state index contributed by atoms with van der Waals surface area (Å²) in [5.74, 6) is 0.776. The molecule has 0 aromatic rings. The molecule has 2 rings (SSSR count). The van der Waals surface area contributed by atoms with Crippen molar-refractivity contribution in [1.82, 2.24) is 4.90 Å². The third-order valence-electron chi connectivity index (χ3n) is 3.00. The van der Waals surface area contributed by atoms with Crippen molar-refractivity contribution in [3.63, 3.8) is 0 Å². The number of amides is 2. The van der Waals surface area contributed by atoms with Gasteiger partial charge in [0.1, 0.15) is 0 Å². The Hall–Kier alpha value is -0.730. The highest BCUT2D eigenvalue weighted by molar-refractivity contribution is 5.72. The number of hydrogen-bond acceptors (Lipinski definition) is 1. The Balaban J connectivity index is 2.00. The molecular weight excluding hydrogens is 152 g/mol. The van der Waals surface area contributed by atoms with Gasteiger partial charge in [0.25, 0.3) is 0 Å². The lowest BCUT2D eigenvalue weighted by atomic mass is 9.99. The predicted octanol–water partition coefficient (Wildman–Crippen LogP) is 1.33. The number of carbonyl (C=O) groups excluding carboxylic acids is 1. The third kappa shape index (κ3) is 1.40. The first-order valence-electron chi connectivity index (χ1n) is 4.85. The molecule has 1 aliphatic carbocycles. The lowest BCUT2D eigenvalue weighted by molar-refractivity contribution is 0.148. The highest BCUT2D eigenvalue weighted by Crippen LogP contribution is 2.39. The van der Waals surface area contributed by atoms with Crippen LogP contribution in [0.15, 0.2) is 0 Å². The smallest absolute Gasteiger partial charge is 0.315 e. The first-order chi connectivity index (χ1) is 5.79. The third-order valence-corrected chi connectivity index (χ3v) is 3.00. The van der Waals surface area contributed by atoms with E-state index < -0.39 is 0 Å². The number of piperidine rings is 1. The van der Waals surface area contributed by atoms with E-state index in [4.69, 9.17) is 5.73 Å². The van der Waals surface area contributed by atoms with Gasteiger partial charge in [-0.25, -0.2) is 4.79 Å². The lowest BCUT2D eigenvalue weighted by Crippen LogP contribution is -2.47. The number of nitrogens with zero attached hydrogens (tertiary/aromatic N) is 1. The number of hydrogen-bond donors (Lipinski definition) is 1. The van der Waals surface area contributed by atoms with Crippen molar-refractivity contribution in [2.75, 3.05) is 6.54 Å². The second-order valence-electron chi connectivity index (χ2n) is 3.93. The van der Waals surface area contributed by atoms with Crippen LogP contribution in [0, 0.1) is 5.92 Å². The summed E-state index contributed by atoms with van der Waals surface area (Å²) in [7, 11) is 0. The van der Waals surface area contributed by atoms with Gasteiger partial charge in [-0.15, -0.1) is 0 Å². The number of likely N-dealkylation sites (tertiary alicyclic amines) is 1. The molecule has 0 radical (unpaired) electrons. The van der Waals surface area contributed by atoms with Crippen LogP contribution < -0.4 is 5.73 Å². The molecule has 2 aliphatic rings. The van der Waals surface area contributed by atoms with Gasteiger partial charge in [0, 0.05) is 12.6 Å². The minimum Gasteiger partial charge on any atom is -0.351 e. The topological polar surface area (TPSA) is 46.3 Å². The summed E-state index contributed by atoms with van der Waals surface area (Å²) in [6.07, 6.45) is 6.17. The van der Waals surface area contributed by atoms with Crippen LogP contribution in [0.3, 0.4) is 0 Å². The standard InChI is InChI=1S/C9H16N2O/c10-9(12)11-6-2-1-3-8(11)7-4-5-7/h7-8H,1-6H2,(H2,10,12). The highest BCUT2D eigenvalue weighted by atomic mass is 16.2. The second-order valence-corrected chi connectivity index (χ2v) is 3.93. The van der Waals surface area contributed by atoms with Crippen LogP contribution in [0.5, 0.6) is 0 Å². The fourth-order valence-electron chi connectivity index (χ4n) is 2.20. The van der Waals surface area contributed by atoms with E-state index in [1.165, 1.54) is 25.7 Å². The maximum atomic E-state index is 11.0. The molecule has 1 atom stereocenters. The molecule has 0 spiro atoms. The van der Waals surface area contributed by atoms with Gasteiger partial charge in [-0.05, 0) is 38.0 Å². The first kappa shape index (κ1) is 7.90. The highest BCUT2D eigenvalue weighted by Gasteiger charge is 2.37. The molecule has 2 fully saturated rings. The maximum Gasteiger partial charge on any atom is 0.315 e. The minimum absolute atomic E-state index is 0.216. The van der Waals surface area contributed by atoms with Crippen LogP contribution in [-0.2, 0) is 0 Å². The molecule has 1 unspecified atom stereocenters. The van der Waals surface area contributed by atoms with Gasteiger partial charge in [0.15, 0.2) is 0 Å². The minimum atomic E-state index is -0.216. The molecule has 0 bridgehead atoms. The van der Waals surface area contributed by atoms with Crippen LogP contribution in [0.2, 0.25) is 0 Å². The zero-order chi connectivity index (χ0) is 8.55. The van der Waals surface area contributed by atoms with Gasteiger partial charge in [-0.2, -0.15) is 0 Å². The van der Waals surface area contributed by atoms with Gasteiger partial charge in [-0.3, -0.25) is 0 Å². The van der Waals surface area contributed by atoms with Crippen molar-refractivity contribution in [2.24, 2.45) is 11.7 Å². The Labute approximate surface area is 72.9 Å². The molecule has 0 aromatic carbocycles. The summed E-state index contributed by atoms with van der Waals surface area (Å²) < 4.78 is 0. The average Bonchev–Trinajstić information content (AvgIpc) is 2.87. The van der Waals surface area contributed by atoms with Gasteiger partial charge < -0.3 is 10.6 Å². The van der Waals surface area contributed by atoms with Crippen LogP contribution in [0.25, 0.3) is 0 Å². The van der Waals surface area contributed by atoms with Crippen LogP contribution in [0.4, 0.5) is 4.79 Å². The molecule has 1 aliphatic heterocycles. The zero-order valence-corrected chi connectivity index (χ0v) is 7.33. The molecule has 2 N–H and O–H groups in total. The van der Waals surface area contributed by atoms with Gasteiger partial charge in [-0.1, -0.05) is 0 Å². The first-order valence-corrected chi connectivity index (χ1v) is 4.85. The number of urea groups is 1. The fourth-order valence-corrected chi connectivity index (χ4v) is 2.20. The number of rotatable bonds is 1. The summed E-state index contributed by atoms with van der Waals surface area (Å²) in [6.45, 7) is 0.885. The summed E-state index contributed by atoms with van der Waals surface area (Å²) >= 11 is 0. The summed E-state index contributed by atoms with van der Waals surface area (Å²) in [6, 6.07) is 0.267. The van der Waals surface area contributed by atoms with Crippen molar-refractivity contribution in [3.8, 4) is 0 Å². The Kier molecular flexibility index (Phi) is 1.95. The molecule has 1 heterocycles. The Morgan fingerprint density at radius 3 is 2.58 bits per heavy atom. The van der Waals surface area contributed by atoms with E-state index in [9.17, 15) is 4.79 Å². The summed E-state index contributed by atoms with van der Waals surface area (Å²) in [4.78, 5) is 12.9. The summed E-state index contributed by atoms with van der Waals surface area (Å²) in [5.41, 5.74) is 5.31. The Morgan fingerprint density at radius 1 is 1.25 bits per heavy atom. The monoisotopic (exact) mass is 168 g/mol. The number of nitrogens with two attached hydrogens (primary N) is 1. The summed E-state index contributed by atoms with van der Waals surface area (Å²) in [5, 5.41) is 0. The van der Waals surface area contributed by atoms with E-state index in [2.05, 4.69) is 0 Å². The van der Waals surface area contributed by atoms with Crippen LogP contribution >= 0.6 is 0 Å². The normalized spacial score (nSPS) is 30.3. The lowest BCUT2D eigenvalue weighted by Gasteiger charge is -2.34. The largest absolute Gasteiger partial charge is 0.351 e. The molecule has 3 nitrogen and oxygen atoms in total. The van der Waals surface area contributed by atoms with E-state index in [1.807, 2.05) is 4.90 Å². The quantitative estimate of drug-likeness (QED) is 0.630. The molecule has 1 saturated heterocycles. The fraction of sp³-hybridized carbons (Fsp3) is 0.889. The average molecular weight is 168 g/mol. The van der Waals surface area contributed by atoms with Crippen LogP contribution in [0.1, 0.15) is 32.1 Å². The molecule has 12 heavy (non-hydrogen) atoms. The van der Waals surface area contributed by atoms with Crippen molar-refractivity contribution >= 4 is 6.03 Å². The molecule has 2 amide bonds. The van der Waals surface area contributed by atoms with Crippen molar-refractivity contribution in [2.45, 2.75) is 38.1 Å². The van der Waals surface area contributed by atoms with Gasteiger partial charge in [0.2, 0.25) is 0 Å². The van der Waals surface area contributed by atoms with Crippen molar-refractivity contribution < 1.29 is 4.79 Å². The van der Waals surface area contributed by atoms with Crippen LogP contribution in [-0.4, -0.2) is 23.5 Å². The molecule has 3 heteroatoms. The SMILES string of the molecule is NC(=O)N1CCCCC1C1CC1. The Morgan fingerprint density at radius 2 is 2.00 bits per heavy atom. The van der Waals surface area contributed by atoms with E-state index >= 15 is 0 Å². The second kappa shape index (κ2) is 2.96. The molecule has 1 saturated carbocycles. The van der Waals surface area contributed by atoms with E-state index in [1.54, 1.807) is 0 Å². The van der Waals surface area contributed by atoms with E-state index in [0.29, 0.717) is 6.04 Å². The zero-order valence-electron chi connectivity index (χ0n) is 7.33. The maximum absolute atomic E-state index is 11.0. The number of primary amides is 1. The Bertz CT molecular complexity index is 189. The van der Waals surface area contributed by atoms with Gasteiger partial charge in [0.05, 0.1) is 0 Å². The van der Waals surface area contributed by atoms with E-state index in [-0.39, 0.29) is 6.03 Å². The molecule has 0 aromatic heterocycles.